The van der Waals surface area contributed by atoms with Gasteiger partial charge in [-0.1, -0.05) is 57.3 Å². The van der Waals surface area contributed by atoms with Crippen LogP contribution in [0.5, 0.6) is 16.6 Å². The van der Waals surface area contributed by atoms with Crippen LogP contribution in [-0.4, -0.2) is 80.4 Å². The van der Waals surface area contributed by atoms with Crippen molar-refractivity contribution in [3.8, 4) is 16.6 Å². The number of nitrogens with one attached hydrogen (secondary N) is 1. The zero-order chi connectivity index (χ0) is 40.0. The molecule has 1 amide bonds. The number of allylic oxidation sites excluding steroid dienone is 2. The van der Waals surface area contributed by atoms with Crippen molar-refractivity contribution >= 4 is 55.7 Å². The molecule has 0 fully saturated rings. The number of amides is 1. The fraction of sp³-hybridized carbons (Fsp3) is 0.462. The molecule has 0 radical (unpaired) electrons. The predicted molar refractivity (Wildman–Crippen MR) is 202 cm³/mol. The number of nitrogens with zero attached hydrogens (tertiary/aromatic N) is 1. The Balaban J connectivity index is 1.72. The van der Waals surface area contributed by atoms with Crippen LogP contribution in [0.3, 0.4) is 0 Å². The standard InChI is InChI=1S/C39H46N2O12S/c1-16-11-10-12-17(2)38(49)41-29-33(47)26-25(28-36(29)54-24(43)15-40-28)27-35(21(6)32(26)46)53-39(8,37(27)48)51-14-13-23(50-9)18(3)34(52-22(7)42)20(5)31(45)19(4)30(16)44/h10-16,18-20,23,30-31,34,43-45,47H,1-9H3,(H,41,49). The van der Waals surface area contributed by atoms with Crippen LogP contribution < -0.4 is 15.5 Å². The number of phenolic OH excluding ortho intramolecular Hbond substituents is 1. The molecule has 54 heavy (non-hydrogen) atoms. The number of aromatic hydroxyl groups is 2. The lowest BCUT2D eigenvalue weighted by atomic mass is 9.78. The van der Waals surface area contributed by atoms with Gasteiger partial charge in [-0.2, -0.15) is 0 Å². The van der Waals surface area contributed by atoms with Gasteiger partial charge in [0.05, 0.1) is 51.9 Å². The van der Waals surface area contributed by atoms with Gasteiger partial charge in [-0.25, -0.2) is 4.98 Å². The Bertz CT molecular complexity index is 2160. The highest BCUT2D eigenvalue weighted by atomic mass is 32.1. The smallest absolute Gasteiger partial charge is 0.312 e. The number of esters is 1. The van der Waals surface area contributed by atoms with E-state index >= 15 is 0 Å². The predicted octanol–water partition coefficient (Wildman–Crippen LogP) is 5.02. The zero-order valence-electron chi connectivity index (χ0n) is 31.5. The molecule has 2 aromatic carbocycles. The Kier molecular flexibility index (Phi) is 11.6. The van der Waals surface area contributed by atoms with Gasteiger partial charge in [-0.15, -0.1) is 0 Å². The molecular weight excluding hydrogens is 720 g/mol. The van der Waals surface area contributed by atoms with Crippen LogP contribution in [-0.2, 0) is 23.8 Å². The van der Waals surface area contributed by atoms with Gasteiger partial charge in [0.1, 0.15) is 17.5 Å². The van der Waals surface area contributed by atoms with Crippen LogP contribution in [0.4, 0.5) is 5.69 Å². The third-order valence-electron chi connectivity index (χ3n) is 10.4. The molecule has 3 aromatic rings. The highest BCUT2D eigenvalue weighted by Gasteiger charge is 2.49. The number of ketones is 1. The Morgan fingerprint density at radius 1 is 1.00 bits per heavy atom. The number of fused-ring (bicyclic) bond motifs is 1. The fourth-order valence-corrected chi connectivity index (χ4v) is 7.97. The molecule has 5 rings (SSSR count). The minimum absolute atomic E-state index is 0.00559. The lowest BCUT2D eigenvalue weighted by Gasteiger charge is -2.38. The summed E-state index contributed by atoms with van der Waals surface area (Å²) < 4.78 is 23.5. The second kappa shape index (κ2) is 15.5. The Morgan fingerprint density at radius 2 is 1.69 bits per heavy atom. The van der Waals surface area contributed by atoms with Gasteiger partial charge >= 0.3 is 11.8 Å². The minimum Gasteiger partial charge on any atom is -0.505 e. The number of hydrogen-bond donors (Lipinski definition) is 5. The monoisotopic (exact) mass is 766 g/mol. The fourth-order valence-electron chi connectivity index (χ4n) is 7.15. The maximum Gasteiger partial charge on any atom is 0.312 e. The molecule has 0 saturated carbocycles. The Morgan fingerprint density at radius 3 is 2.33 bits per heavy atom. The average molecular weight is 767 g/mol. The molecular formula is C39H46N2O12S. The Labute approximate surface area is 315 Å². The van der Waals surface area contributed by atoms with E-state index in [1.165, 1.54) is 53.2 Å². The number of aliphatic hydroxyl groups is 2. The molecule has 0 aliphatic carbocycles. The molecule has 3 heterocycles. The van der Waals surface area contributed by atoms with Crippen LogP contribution in [0.25, 0.3) is 21.0 Å². The summed E-state index contributed by atoms with van der Waals surface area (Å²) in [5.74, 6) is -7.13. The number of aliphatic hydroxyl groups excluding tert-OH is 2. The van der Waals surface area contributed by atoms with Crippen molar-refractivity contribution in [2.75, 3.05) is 12.4 Å². The van der Waals surface area contributed by atoms with Crippen LogP contribution in [0.2, 0.25) is 0 Å². The van der Waals surface area contributed by atoms with E-state index in [1.54, 1.807) is 39.8 Å². The first kappa shape index (κ1) is 40.4. The molecule has 2 aliphatic rings. The number of Topliss-reactive ketones (excluding diaryl/α,β-unsaturated/α-hetero) is 1. The third-order valence-corrected chi connectivity index (χ3v) is 11.4. The number of aromatic nitrogens is 1. The quantitative estimate of drug-likeness (QED) is 0.132. The van der Waals surface area contributed by atoms with Gasteiger partial charge in [-0.05, 0) is 19.9 Å². The number of anilines is 1. The number of rotatable bonds is 2. The summed E-state index contributed by atoms with van der Waals surface area (Å²) in [5, 5.41) is 46.9. The van der Waals surface area contributed by atoms with Gasteiger partial charge in [-0.3, -0.25) is 19.2 Å². The normalized spacial score (nSPS) is 29.6. The first-order valence-corrected chi connectivity index (χ1v) is 18.3. The van der Waals surface area contributed by atoms with Crippen molar-refractivity contribution in [3.05, 3.63) is 63.7 Å². The van der Waals surface area contributed by atoms with Crippen molar-refractivity contribution in [1.82, 2.24) is 4.98 Å². The minimum atomic E-state index is -2.01. The molecule has 5 N–H and O–H groups in total. The molecule has 0 saturated heterocycles. The Hall–Kier alpha value is -4.83. The van der Waals surface area contributed by atoms with E-state index in [9.17, 15) is 39.6 Å². The van der Waals surface area contributed by atoms with Gasteiger partial charge in [0.2, 0.25) is 0 Å². The van der Waals surface area contributed by atoms with Crippen LogP contribution in [0.15, 0.2) is 47.1 Å². The lowest BCUT2D eigenvalue weighted by Crippen LogP contribution is -2.46. The molecule has 4 bridgehead atoms. The number of phenols is 1. The SMILES string of the molecule is COC1C=COC2(C)Oc3c(C)c(=O)c4c(O)c(c5sc(O)cnc5c4c3C2=O)NC(=O)C(C)=CC=CC(C)C(O)C(C)C(O)C(C)C(OC(C)=O)C1C. The zero-order valence-corrected chi connectivity index (χ0v) is 32.3. The van der Waals surface area contributed by atoms with E-state index in [4.69, 9.17) is 18.9 Å². The summed E-state index contributed by atoms with van der Waals surface area (Å²) in [4.78, 5) is 58.4. The largest absolute Gasteiger partial charge is 0.505 e. The van der Waals surface area contributed by atoms with Crippen LogP contribution in [0, 0.1) is 30.6 Å². The molecule has 14 nitrogen and oxygen atoms in total. The summed E-state index contributed by atoms with van der Waals surface area (Å²) >= 11 is 0.764. The second-order valence-electron chi connectivity index (χ2n) is 14.2. The van der Waals surface area contributed by atoms with E-state index in [0.717, 1.165) is 17.5 Å². The number of benzene rings is 2. The topological polar surface area (TPSA) is 211 Å². The van der Waals surface area contributed by atoms with Crippen LogP contribution in [0.1, 0.15) is 64.4 Å². The van der Waals surface area contributed by atoms with Crippen molar-refractivity contribution < 1.29 is 53.8 Å². The lowest BCUT2D eigenvalue weighted by molar-refractivity contribution is -0.160. The van der Waals surface area contributed by atoms with Crippen molar-refractivity contribution in [1.29, 1.82) is 0 Å². The van der Waals surface area contributed by atoms with Crippen molar-refractivity contribution in [3.63, 3.8) is 0 Å². The second-order valence-corrected chi connectivity index (χ2v) is 15.2. The molecule has 0 spiro atoms. The maximum absolute atomic E-state index is 14.3. The first-order chi connectivity index (χ1) is 25.3. The van der Waals surface area contributed by atoms with Crippen molar-refractivity contribution in [2.45, 2.75) is 85.6 Å². The van der Waals surface area contributed by atoms with E-state index in [1.807, 2.05) is 0 Å². The van der Waals surface area contributed by atoms with Gasteiger partial charge in [0.25, 0.3) is 11.7 Å². The number of ether oxygens (including phenoxy) is 4. The molecule has 9 atom stereocenters. The van der Waals surface area contributed by atoms with Crippen LogP contribution >= 0.6 is 11.3 Å². The summed E-state index contributed by atoms with van der Waals surface area (Å²) in [6, 6.07) is 0. The van der Waals surface area contributed by atoms with E-state index in [-0.39, 0.29) is 54.2 Å². The molecule has 1 aromatic heterocycles. The number of carbonyl (C=O) groups is 3. The summed E-state index contributed by atoms with van der Waals surface area (Å²) in [5.41, 5.74) is -0.752. The molecule has 2 aliphatic heterocycles. The summed E-state index contributed by atoms with van der Waals surface area (Å²) in [7, 11) is 1.43. The van der Waals surface area contributed by atoms with E-state index in [2.05, 4.69) is 10.3 Å². The summed E-state index contributed by atoms with van der Waals surface area (Å²) in [6.07, 6.45) is 4.70. The van der Waals surface area contributed by atoms with Gasteiger partial charge < -0.3 is 44.7 Å². The van der Waals surface area contributed by atoms with Crippen molar-refractivity contribution in [2.24, 2.45) is 23.7 Å². The molecule has 290 valence electrons. The molecule has 9 unspecified atom stereocenters. The maximum atomic E-state index is 14.3. The third kappa shape index (κ3) is 7.20. The van der Waals surface area contributed by atoms with E-state index < -0.39 is 82.7 Å². The van der Waals surface area contributed by atoms with Gasteiger partial charge in [0, 0.05) is 61.2 Å². The number of carbonyl (C=O) groups excluding carboxylic acids is 3. The first-order valence-electron chi connectivity index (χ1n) is 17.5. The van der Waals surface area contributed by atoms with Gasteiger partial charge in [0.15, 0.2) is 16.2 Å². The average Bonchev–Trinajstić information content (AvgIpc) is 3.39. The summed E-state index contributed by atoms with van der Waals surface area (Å²) in [6.45, 7) is 12.5. The highest BCUT2D eigenvalue weighted by molar-refractivity contribution is 7.20. The number of methoxy groups -OCH3 is 1. The highest BCUT2D eigenvalue weighted by Crippen LogP contribution is 2.49. The number of hydrogen-bond acceptors (Lipinski definition) is 14. The van der Waals surface area contributed by atoms with E-state index in [0.29, 0.717) is 0 Å². The molecule has 15 heteroatoms.